The number of thiazole rings is 1. The summed E-state index contributed by atoms with van der Waals surface area (Å²) >= 11 is 1.48. The molecule has 0 aliphatic rings. The van der Waals surface area contributed by atoms with E-state index in [0.29, 0.717) is 16.5 Å². The van der Waals surface area contributed by atoms with Gasteiger partial charge in [0.25, 0.3) is 5.91 Å². The van der Waals surface area contributed by atoms with Gasteiger partial charge in [0.1, 0.15) is 0 Å². The molecular formula is C22H21N5OS. The number of hydrogen-bond acceptors (Lipinski definition) is 5. The van der Waals surface area contributed by atoms with Crippen LogP contribution in [-0.2, 0) is 6.42 Å². The second kappa shape index (κ2) is 7.97. The molecule has 0 radical (unpaired) electrons. The summed E-state index contributed by atoms with van der Waals surface area (Å²) in [6.07, 6.45) is 4.17. The van der Waals surface area contributed by atoms with Gasteiger partial charge in [-0.25, -0.2) is 14.6 Å². The summed E-state index contributed by atoms with van der Waals surface area (Å²) in [4.78, 5) is 22.3. The zero-order valence-electron chi connectivity index (χ0n) is 16.5. The topological polar surface area (TPSA) is 72.7 Å². The summed E-state index contributed by atoms with van der Waals surface area (Å²) in [5.41, 5.74) is 4.86. The van der Waals surface area contributed by atoms with E-state index in [2.05, 4.69) is 51.6 Å². The molecule has 0 atom stereocenters. The molecule has 0 bridgehead atoms. The molecule has 0 unspecified atom stereocenters. The van der Waals surface area contributed by atoms with Crippen LogP contribution in [0, 0.1) is 20.8 Å². The minimum absolute atomic E-state index is 0.228. The fourth-order valence-corrected chi connectivity index (χ4v) is 3.87. The van der Waals surface area contributed by atoms with Crippen molar-refractivity contribution in [2.45, 2.75) is 27.2 Å². The minimum Gasteiger partial charge on any atom is -0.298 e. The molecule has 0 saturated heterocycles. The third-order valence-corrected chi connectivity index (χ3v) is 5.42. The molecule has 3 aromatic heterocycles. The Balaban J connectivity index is 1.42. The summed E-state index contributed by atoms with van der Waals surface area (Å²) in [5.74, 6) is 0.454. The van der Waals surface area contributed by atoms with Crippen LogP contribution < -0.4 is 5.32 Å². The summed E-state index contributed by atoms with van der Waals surface area (Å²) in [6.45, 7) is 5.98. The number of nitrogens with one attached hydrogen (secondary N) is 1. The largest absolute Gasteiger partial charge is 0.298 e. The lowest BCUT2D eigenvalue weighted by Crippen LogP contribution is -2.12. The molecule has 1 aromatic carbocycles. The number of aromatic nitrogens is 4. The maximum Gasteiger partial charge on any atom is 0.259 e. The van der Waals surface area contributed by atoms with Crippen LogP contribution in [0.1, 0.15) is 37.7 Å². The zero-order valence-corrected chi connectivity index (χ0v) is 17.3. The highest BCUT2D eigenvalue weighted by atomic mass is 32.1. The van der Waals surface area contributed by atoms with Crippen LogP contribution in [0.2, 0.25) is 0 Å². The molecular weight excluding hydrogens is 382 g/mol. The second-order valence-electron chi connectivity index (χ2n) is 6.99. The van der Waals surface area contributed by atoms with Gasteiger partial charge in [-0.2, -0.15) is 5.10 Å². The molecule has 0 aliphatic carbocycles. The van der Waals surface area contributed by atoms with Crippen molar-refractivity contribution in [1.29, 1.82) is 0 Å². The number of carbonyl (C=O) groups is 1. The van der Waals surface area contributed by atoms with E-state index in [4.69, 9.17) is 0 Å². The van der Waals surface area contributed by atoms with Crippen LogP contribution in [0.25, 0.3) is 5.82 Å². The Morgan fingerprint density at radius 1 is 1.03 bits per heavy atom. The normalized spacial score (nSPS) is 10.9. The van der Waals surface area contributed by atoms with E-state index in [1.165, 1.54) is 22.5 Å². The van der Waals surface area contributed by atoms with E-state index in [0.717, 1.165) is 22.7 Å². The van der Waals surface area contributed by atoms with Gasteiger partial charge in [-0.05, 0) is 44.5 Å². The van der Waals surface area contributed by atoms with Crippen molar-refractivity contribution in [2.24, 2.45) is 0 Å². The number of anilines is 1. The Bertz CT molecular complexity index is 1140. The van der Waals surface area contributed by atoms with Gasteiger partial charge in [0.15, 0.2) is 10.9 Å². The Hall–Kier alpha value is -3.32. The predicted octanol–water partition coefficient (Wildman–Crippen LogP) is 4.49. The lowest BCUT2D eigenvalue weighted by molar-refractivity contribution is 0.102. The molecule has 3 heterocycles. The predicted molar refractivity (Wildman–Crippen MR) is 115 cm³/mol. The average Bonchev–Trinajstić information content (AvgIpc) is 3.29. The molecule has 0 spiro atoms. The highest BCUT2D eigenvalue weighted by Gasteiger charge is 2.11. The first-order chi connectivity index (χ1) is 14.0. The third kappa shape index (κ3) is 4.41. The smallest absolute Gasteiger partial charge is 0.259 e. The summed E-state index contributed by atoms with van der Waals surface area (Å²) in [6, 6.07) is 13.9. The van der Waals surface area contributed by atoms with Crippen LogP contribution in [0.5, 0.6) is 0 Å². The molecule has 0 fully saturated rings. The van der Waals surface area contributed by atoms with Gasteiger partial charge in [-0.1, -0.05) is 29.8 Å². The Morgan fingerprint density at radius 3 is 2.48 bits per heavy atom. The van der Waals surface area contributed by atoms with E-state index < -0.39 is 0 Å². The number of pyridine rings is 1. The lowest BCUT2D eigenvalue weighted by Gasteiger charge is -2.05. The first kappa shape index (κ1) is 19.0. The maximum absolute atomic E-state index is 12.5. The number of nitrogens with zero attached hydrogens (tertiary/aromatic N) is 4. The fraction of sp³-hybridized carbons (Fsp3) is 0.182. The molecule has 29 heavy (non-hydrogen) atoms. The number of carbonyl (C=O) groups excluding carboxylic acids is 1. The first-order valence-electron chi connectivity index (χ1n) is 9.29. The molecule has 7 heteroatoms. The Kier molecular flexibility index (Phi) is 5.22. The molecule has 4 aromatic rings. The van der Waals surface area contributed by atoms with Crippen molar-refractivity contribution in [1.82, 2.24) is 19.7 Å². The maximum atomic E-state index is 12.5. The van der Waals surface area contributed by atoms with Crippen LogP contribution in [0.4, 0.5) is 5.13 Å². The van der Waals surface area contributed by atoms with Crippen molar-refractivity contribution >= 4 is 22.4 Å². The molecule has 1 N–H and O–H groups in total. The number of hydrogen-bond donors (Lipinski definition) is 1. The zero-order chi connectivity index (χ0) is 20.4. The van der Waals surface area contributed by atoms with Gasteiger partial charge >= 0.3 is 0 Å². The molecule has 1 amide bonds. The molecule has 0 saturated carbocycles. The van der Waals surface area contributed by atoms with Gasteiger partial charge in [0.05, 0.1) is 11.3 Å². The summed E-state index contributed by atoms with van der Waals surface area (Å²) in [5, 5.41) is 7.85. The highest BCUT2D eigenvalue weighted by molar-refractivity contribution is 7.15. The summed E-state index contributed by atoms with van der Waals surface area (Å²) in [7, 11) is 0. The first-order valence-corrected chi connectivity index (χ1v) is 10.1. The third-order valence-electron chi connectivity index (χ3n) is 4.51. The van der Waals surface area contributed by atoms with Gasteiger partial charge < -0.3 is 0 Å². The molecule has 146 valence electrons. The number of aryl methyl sites for hydroxylation is 3. The van der Waals surface area contributed by atoms with Crippen molar-refractivity contribution in [3.05, 3.63) is 87.8 Å². The van der Waals surface area contributed by atoms with E-state index in [1.54, 1.807) is 23.0 Å². The van der Waals surface area contributed by atoms with E-state index in [9.17, 15) is 4.79 Å². The average molecular weight is 404 g/mol. The van der Waals surface area contributed by atoms with Crippen LogP contribution >= 0.6 is 11.3 Å². The van der Waals surface area contributed by atoms with E-state index in [-0.39, 0.29) is 5.91 Å². The molecule has 6 nitrogen and oxygen atoms in total. The van der Waals surface area contributed by atoms with E-state index in [1.807, 2.05) is 26.1 Å². The Labute approximate surface area is 173 Å². The van der Waals surface area contributed by atoms with Gasteiger partial charge in [0, 0.05) is 29.4 Å². The van der Waals surface area contributed by atoms with Crippen molar-refractivity contribution in [3.8, 4) is 5.82 Å². The van der Waals surface area contributed by atoms with E-state index >= 15 is 0 Å². The van der Waals surface area contributed by atoms with Crippen molar-refractivity contribution in [3.63, 3.8) is 0 Å². The van der Waals surface area contributed by atoms with Crippen molar-refractivity contribution in [2.75, 3.05) is 5.32 Å². The van der Waals surface area contributed by atoms with Crippen LogP contribution in [0.15, 0.2) is 54.9 Å². The second-order valence-corrected chi connectivity index (χ2v) is 8.11. The number of benzene rings is 1. The van der Waals surface area contributed by atoms with Gasteiger partial charge in [-0.15, -0.1) is 11.3 Å². The summed E-state index contributed by atoms with van der Waals surface area (Å²) < 4.78 is 1.76. The van der Waals surface area contributed by atoms with Crippen LogP contribution in [0.3, 0.4) is 0 Å². The molecule has 0 aliphatic heterocycles. The monoisotopic (exact) mass is 403 g/mol. The Morgan fingerprint density at radius 2 is 1.83 bits per heavy atom. The number of rotatable bonds is 5. The van der Waals surface area contributed by atoms with Crippen molar-refractivity contribution < 1.29 is 4.79 Å². The minimum atomic E-state index is -0.228. The quantitative estimate of drug-likeness (QED) is 0.533. The van der Waals surface area contributed by atoms with Gasteiger partial charge in [-0.3, -0.25) is 10.1 Å². The lowest BCUT2D eigenvalue weighted by atomic mass is 10.1. The fourth-order valence-electron chi connectivity index (χ4n) is 3.03. The SMILES string of the molecule is Cc1ccc(Cc2cnc(NC(=O)c3ccc(-n4nc(C)cc4C)nc3)s2)cc1. The molecule has 4 rings (SSSR count). The highest BCUT2D eigenvalue weighted by Crippen LogP contribution is 2.22. The standard InChI is InChI=1S/C22H21N5OS/c1-14-4-6-17(7-5-14)11-19-13-24-22(29-19)25-21(28)18-8-9-20(23-12-18)27-16(3)10-15(2)26-27/h4-10,12-13H,11H2,1-3H3,(H,24,25,28). The van der Waals surface area contributed by atoms with Gasteiger partial charge in [0.2, 0.25) is 0 Å². The van der Waals surface area contributed by atoms with Crippen LogP contribution in [-0.4, -0.2) is 25.7 Å². The number of amides is 1.